The molecule has 11 heteroatoms. The van der Waals surface area contributed by atoms with Crippen LogP contribution in [0.15, 0.2) is 60.2 Å². The molecule has 0 atom stereocenters. The molecule has 0 bridgehead atoms. The van der Waals surface area contributed by atoms with E-state index in [-0.39, 0.29) is 47.1 Å². The molecule has 0 N–H and O–H groups in total. The van der Waals surface area contributed by atoms with Crippen LogP contribution in [0.4, 0.5) is 0 Å². The number of carbonyl (C=O) groups excluding carboxylic acids is 2. The van der Waals surface area contributed by atoms with Gasteiger partial charge in [-0.3, -0.25) is 4.79 Å². The SMILES string of the molecule is COc1ccc(C(=O)/C(Cc2cc(OC)c(OC)c(OCC3CC3)c2)=C(/C(=O)[O-])c2ccc3nsnc3c2)cc1.[Na+]. The number of ketones is 1. The van der Waals surface area contributed by atoms with Gasteiger partial charge in [-0.15, -0.1) is 0 Å². The number of methoxy groups -OCH3 is 3. The van der Waals surface area contributed by atoms with Gasteiger partial charge in [0.15, 0.2) is 17.3 Å². The largest absolute Gasteiger partial charge is 1.00 e. The fraction of sp³-hybridized carbons (Fsp3) is 0.267. The monoisotopic (exact) mass is 582 g/mol. The second-order valence-corrected chi connectivity index (χ2v) is 9.96. The van der Waals surface area contributed by atoms with Gasteiger partial charge in [0.1, 0.15) is 16.8 Å². The second-order valence-electron chi connectivity index (χ2n) is 9.43. The van der Waals surface area contributed by atoms with Crippen LogP contribution in [0.5, 0.6) is 23.0 Å². The quantitative estimate of drug-likeness (QED) is 0.138. The normalized spacial score (nSPS) is 13.1. The minimum atomic E-state index is -1.48. The number of hydrogen-bond acceptors (Lipinski definition) is 10. The van der Waals surface area contributed by atoms with E-state index in [1.807, 2.05) is 0 Å². The van der Waals surface area contributed by atoms with Gasteiger partial charge in [-0.05, 0) is 78.4 Å². The summed E-state index contributed by atoms with van der Waals surface area (Å²) in [5.74, 6) is 0.420. The van der Waals surface area contributed by atoms with Crippen molar-refractivity contribution in [3.8, 4) is 23.0 Å². The van der Waals surface area contributed by atoms with Gasteiger partial charge in [0.05, 0.1) is 45.6 Å². The fourth-order valence-electron chi connectivity index (χ4n) is 4.44. The summed E-state index contributed by atoms with van der Waals surface area (Å²) in [6.45, 7) is 0.530. The van der Waals surface area contributed by atoms with Gasteiger partial charge in [-0.2, -0.15) is 8.75 Å². The number of hydrogen-bond donors (Lipinski definition) is 0. The molecule has 1 saturated carbocycles. The molecule has 0 aliphatic heterocycles. The molecule has 5 rings (SSSR count). The number of fused-ring (bicyclic) bond motifs is 1. The number of carboxylic acids is 1. The smallest absolute Gasteiger partial charge is 0.545 e. The molecule has 9 nitrogen and oxygen atoms in total. The van der Waals surface area contributed by atoms with Crippen LogP contribution in [-0.4, -0.2) is 48.4 Å². The minimum Gasteiger partial charge on any atom is -0.545 e. The third-order valence-corrected chi connectivity index (χ3v) is 7.29. The number of aromatic nitrogens is 2. The van der Waals surface area contributed by atoms with E-state index in [0.29, 0.717) is 63.2 Å². The van der Waals surface area contributed by atoms with Crippen molar-refractivity contribution < 1.29 is 63.2 Å². The summed E-state index contributed by atoms with van der Waals surface area (Å²) in [7, 11) is 4.56. The number of aliphatic carboxylic acids is 1. The summed E-state index contributed by atoms with van der Waals surface area (Å²) in [6, 6.07) is 14.8. The van der Waals surface area contributed by atoms with E-state index in [2.05, 4.69) is 8.75 Å². The first kappa shape index (κ1) is 30.5. The molecule has 41 heavy (non-hydrogen) atoms. The Bertz CT molecular complexity index is 1600. The zero-order valence-electron chi connectivity index (χ0n) is 23.3. The Balaban J connectivity index is 0.00000387. The average Bonchev–Trinajstić information content (AvgIpc) is 3.69. The van der Waals surface area contributed by atoms with E-state index >= 15 is 0 Å². The van der Waals surface area contributed by atoms with Crippen LogP contribution in [0, 0.1) is 5.92 Å². The Labute approximate surface area is 263 Å². The van der Waals surface area contributed by atoms with Crippen LogP contribution in [-0.2, 0) is 11.2 Å². The predicted octanol–water partition coefficient (Wildman–Crippen LogP) is 1.14. The first-order chi connectivity index (χ1) is 19.4. The molecule has 3 aromatic carbocycles. The fourth-order valence-corrected chi connectivity index (χ4v) is 4.96. The standard InChI is InChI=1S/C30H28N2O7S.Na/c1-36-21-9-6-19(7-10-21)28(33)22(27(30(34)35)20-8-11-23-24(15-20)32-40-31-23)12-18-13-25(37-2)29(38-3)26(14-18)39-16-17-4-5-17;/h6-11,13-15,17H,4-5,12,16H2,1-3H3,(H,34,35);/q;+1/p-1/b27-22+;. The van der Waals surface area contributed by atoms with Crippen molar-refractivity contribution in [2.24, 2.45) is 5.92 Å². The summed E-state index contributed by atoms with van der Waals surface area (Å²) >= 11 is 1.02. The van der Waals surface area contributed by atoms with Gasteiger partial charge in [0.2, 0.25) is 5.75 Å². The molecule has 206 valence electrons. The Morgan fingerprint density at radius 1 is 0.878 bits per heavy atom. The zero-order chi connectivity index (χ0) is 28.2. The first-order valence-electron chi connectivity index (χ1n) is 12.7. The molecule has 4 aromatic rings. The average molecular weight is 583 g/mol. The summed E-state index contributed by atoms with van der Waals surface area (Å²) in [5, 5.41) is 12.7. The van der Waals surface area contributed by atoms with E-state index in [1.165, 1.54) is 21.3 Å². The first-order valence-corrected chi connectivity index (χ1v) is 13.4. The van der Waals surface area contributed by atoms with E-state index in [1.54, 1.807) is 54.6 Å². The third kappa shape index (κ3) is 6.90. The molecule has 0 radical (unpaired) electrons. The van der Waals surface area contributed by atoms with Crippen LogP contribution in [0.25, 0.3) is 16.6 Å². The van der Waals surface area contributed by atoms with E-state index < -0.39 is 11.8 Å². The summed E-state index contributed by atoms with van der Waals surface area (Å²) in [4.78, 5) is 26.6. The number of nitrogens with zero attached hydrogens (tertiary/aromatic N) is 2. The maximum absolute atomic E-state index is 14.0. The molecule has 1 aliphatic carbocycles. The van der Waals surface area contributed by atoms with Crippen molar-refractivity contribution in [1.29, 1.82) is 0 Å². The van der Waals surface area contributed by atoms with Gasteiger partial charge in [-0.25, -0.2) is 0 Å². The zero-order valence-corrected chi connectivity index (χ0v) is 26.1. The van der Waals surface area contributed by atoms with E-state index in [0.717, 1.165) is 24.6 Å². The number of carboxylic acid groups (broad SMARTS) is 1. The summed E-state index contributed by atoms with van der Waals surface area (Å²) < 4.78 is 30.8. The maximum Gasteiger partial charge on any atom is 1.00 e. The molecule has 0 amide bonds. The Morgan fingerprint density at radius 2 is 1.56 bits per heavy atom. The van der Waals surface area contributed by atoms with Crippen LogP contribution in [0.1, 0.15) is 34.3 Å². The number of Topliss-reactive ketones (excluding diaryl/α,β-unsaturated/α-hetero) is 1. The number of benzene rings is 3. The van der Waals surface area contributed by atoms with Gasteiger partial charge in [-0.1, -0.05) is 6.07 Å². The van der Waals surface area contributed by atoms with Crippen molar-refractivity contribution >= 4 is 40.1 Å². The van der Waals surface area contributed by atoms with Crippen molar-refractivity contribution in [3.63, 3.8) is 0 Å². The number of rotatable bonds is 12. The van der Waals surface area contributed by atoms with Crippen LogP contribution >= 0.6 is 11.7 Å². The molecular weight excluding hydrogens is 555 g/mol. The van der Waals surface area contributed by atoms with Gasteiger partial charge >= 0.3 is 29.6 Å². The molecular formula is C30H27N2NaO7S. The molecule has 1 aromatic heterocycles. The van der Waals surface area contributed by atoms with Gasteiger partial charge in [0, 0.05) is 23.1 Å². The Morgan fingerprint density at radius 3 is 2.20 bits per heavy atom. The number of allylic oxidation sites excluding steroid dienone is 1. The molecule has 0 saturated heterocycles. The van der Waals surface area contributed by atoms with Crippen LogP contribution < -0.4 is 53.6 Å². The molecule has 0 spiro atoms. The Kier molecular flexibility index (Phi) is 10.0. The molecule has 1 fully saturated rings. The number of ether oxygens (including phenoxy) is 4. The van der Waals surface area contributed by atoms with Crippen molar-refractivity contribution in [3.05, 3.63) is 76.9 Å². The van der Waals surface area contributed by atoms with Crippen LogP contribution in [0.3, 0.4) is 0 Å². The summed E-state index contributed by atoms with van der Waals surface area (Å²) in [5.41, 5.74) is 2.17. The van der Waals surface area contributed by atoms with Crippen molar-refractivity contribution in [2.45, 2.75) is 19.3 Å². The molecule has 1 heterocycles. The summed E-state index contributed by atoms with van der Waals surface area (Å²) in [6.07, 6.45) is 2.17. The van der Waals surface area contributed by atoms with Crippen molar-refractivity contribution in [2.75, 3.05) is 27.9 Å². The minimum absolute atomic E-state index is 0. The van der Waals surface area contributed by atoms with E-state index in [4.69, 9.17) is 18.9 Å². The van der Waals surface area contributed by atoms with Gasteiger partial charge in [0.25, 0.3) is 0 Å². The molecule has 1 aliphatic rings. The number of carbonyl (C=O) groups is 2. The Hall–Kier alpha value is -3.44. The second kappa shape index (κ2) is 13.5. The van der Waals surface area contributed by atoms with Crippen LogP contribution in [0.2, 0.25) is 0 Å². The third-order valence-electron chi connectivity index (χ3n) is 6.73. The topological polar surface area (TPSA) is 120 Å². The van der Waals surface area contributed by atoms with Gasteiger partial charge < -0.3 is 28.8 Å². The predicted molar refractivity (Wildman–Crippen MR) is 148 cm³/mol. The molecule has 0 unspecified atom stereocenters. The van der Waals surface area contributed by atoms with E-state index in [9.17, 15) is 14.7 Å². The van der Waals surface area contributed by atoms with Crippen molar-refractivity contribution in [1.82, 2.24) is 8.75 Å². The maximum atomic E-state index is 14.0.